The zero-order chi connectivity index (χ0) is 22.4. The van der Waals surface area contributed by atoms with Crippen molar-refractivity contribution in [1.82, 2.24) is 0 Å². The molecule has 176 valence electrons. The van der Waals surface area contributed by atoms with Crippen molar-refractivity contribution in [1.29, 1.82) is 0 Å². The van der Waals surface area contributed by atoms with Crippen LogP contribution < -0.4 is 0 Å². The van der Waals surface area contributed by atoms with Gasteiger partial charge in [0.2, 0.25) is 0 Å². The fourth-order valence-electron chi connectivity index (χ4n) is 8.21. The number of carbonyl (C=O) groups excluding carboxylic acids is 1. The molecule has 3 fully saturated rings. The highest BCUT2D eigenvalue weighted by atomic mass is 16.5. The Bertz CT molecular complexity index is 680. The molecule has 31 heavy (non-hydrogen) atoms. The number of rotatable bonds is 6. The smallest absolute Gasteiger partial charge is 0.165 e. The van der Waals surface area contributed by atoms with Crippen molar-refractivity contribution in [3.05, 3.63) is 12.2 Å². The van der Waals surface area contributed by atoms with E-state index in [2.05, 4.69) is 53.7 Å². The molecule has 2 heteroatoms. The molecule has 0 aromatic carbocycles. The van der Waals surface area contributed by atoms with E-state index in [0.29, 0.717) is 29.0 Å². The highest BCUT2D eigenvalue weighted by Crippen LogP contribution is 2.62. The molecule has 0 N–H and O–H groups in total. The number of hydrogen-bond acceptors (Lipinski definition) is 2. The van der Waals surface area contributed by atoms with Gasteiger partial charge in [0.1, 0.15) is 6.10 Å². The molecule has 4 aliphatic rings. The first-order valence-corrected chi connectivity index (χ1v) is 13.5. The quantitative estimate of drug-likeness (QED) is 0.321. The lowest BCUT2D eigenvalue weighted by Crippen LogP contribution is -2.59. The van der Waals surface area contributed by atoms with Gasteiger partial charge in [-0.25, -0.2) is 0 Å². The monoisotopic (exact) mass is 428 g/mol. The van der Waals surface area contributed by atoms with Gasteiger partial charge < -0.3 is 4.74 Å². The van der Waals surface area contributed by atoms with Crippen molar-refractivity contribution in [2.45, 2.75) is 118 Å². The maximum absolute atomic E-state index is 13.8. The molecule has 4 rings (SSSR count). The summed E-state index contributed by atoms with van der Waals surface area (Å²) in [4.78, 5) is 13.8. The first-order valence-electron chi connectivity index (χ1n) is 13.5. The minimum Gasteiger partial charge on any atom is -0.367 e. The zero-order valence-electron chi connectivity index (χ0n) is 21.2. The number of Topliss-reactive ketones (excluding diaryl/α,β-unsaturated/α-hetero) is 1. The number of ether oxygens (including phenoxy) is 1. The SMILES string of the molecule is CC(C)CCCCC1CCC2C(C3O[C@H](C)C4(C)CC=CCC4C3=O)C(C)CCC12C. The summed E-state index contributed by atoms with van der Waals surface area (Å²) in [6.07, 6.45) is 17.2. The van der Waals surface area contributed by atoms with Crippen LogP contribution in [0.5, 0.6) is 0 Å². The van der Waals surface area contributed by atoms with E-state index >= 15 is 0 Å². The fourth-order valence-corrected chi connectivity index (χ4v) is 8.21. The average molecular weight is 429 g/mol. The Hall–Kier alpha value is -0.630. The van der Waals surface area contributed by atoms with Crippen LogP contribution in [-0.4, -0.2) is 18.0 Å². The standard InChI is InChI=1S/C29H48O2/c1-19(2)11-7-8-12-22-14-15-23-25(20(3)16-18-29(22,23)6)27-26(30)24-13-9-10-17-28(24,5)21(4)31-27/h9-10,19-25,27H,7-8,11-18H2,1-6H3/t20?,21-,22?,23?,24?,25?,27?,28?,29?/m1/s1. The Morgan fingerprint density at radius 3 is 2.58 bits per heavy atom. The number of ketones is 1. The van der Waals surface area contributed by atoms with Crippen LogP contribution in [0.15, 0.2) is 12.2 Å². The molecule has 2 nitrogen and oxygen atoms in total. The number of fused-ring (bicyclic) bond motifs is 2. The lowest BCUT2D eigenvalue weighted by atomic mass is 9.54. The van der Waals surface area contributed by atoms with Gasteiger partial charge in [-0.3, -0.25) is 4.79 Å². The zero-order valence-corrected chi connectivity index (χ0v) is 21.2. The molecule has 0 aromatic heterocycles. The van der Waals surface area contributed by atoms with Gasteiger partial charge in [-0.1, -0.05) is 66.0 Å². The van der Waals surface area contributed by atoms with Crippen molar-refractivity contribution < 1.29 is 9.53 Å². The highest BCUT2D eigenvalue weighted by molar-refractivity contribution is 5.87. The van der Waals surface area contributed by atoms with Crippen LogP contribution in [0.4, 0.5) is 0 Å². The normalized spacial score (nSPS) is 47.5. The molecule has 1 aliphatic heterocycles. The van der Waals surface area contributed by atoms with E-state index in [1.165, 1.54) is 51.4 Å². The topological polar surface area (TPSA) is 26.3 Å². The fraction of sp³-hybridized carbons (Fsp3) is 0.897. The van der Waals surface area contributed by atoms with Gasteiger partial charge in [-0.05, 0) is 86.9 Å². The van der Waals surface area contributed by atoms with Crippen LogP contribution in [0.25, 0.3) is 0 Å². The summed E-state index contributed by atoms with van der Waals surface area (Å²) in [5.41, 5.74) is 0.396. The van der Waals surface area contributed by atoms with Crippen LogP contribution in [-0.2, 0) is 9.53 Å². The molecule has 0 radical (unpaired) electrons. The van der Waals surface area contributed by atoms with Crippen molar-refractivity contribution >= 4 is 5.78 Å². The molecular weight excluding hydrogens is 380 g/mol. The second-order valence-corrected chi connectivity index (χ2v) is 12.7. The van der Waals surface area contributed by atoms with Crippen molar-refractivity contribution in [2.24, 2.45) is 46.3 Å². The Morgan fingerprint density at radius 1 is 1.06 bits per heavy atom. The van der Waals surface area contributed by atoms with Gasteiger partial charge in [0, 0.05) is 11.3 Å². The Morgan fingerprint density at radius 2 is 1.84 bits per heavy atom. The summed E-state index contributed by atoms with van der Waals surface area (Å²) < 4.78 is 6.71. The molecule has 1 heterocycles. The second kappa shape index (κ2) is 8.96. The minimum absolute atomic E-state index is 0.0157. The van der Waals surface area contributed by atoms with Crippen molar-refractivity contribution in [2.75, 3.05) is 0 Å². The first-order chi connectivity index (χ1) is 14.7. The van der Waals surface area contributed by atoms with Crippen LogP contribution in [0.2, 0.25) is 0 Å². The van der Waals surface area contributed by atoms with E-state index in [1.54, 1.807) is 0 Å². The summed E-state index contributed by atoms with van der Waals surface area (Å²) in [5.74, 6) is 3.94. The lowest BCUT2D eigenvalue weighted by Gasteiger charge is -2.55. The highest BCUT2D eigenvalue weighted by Gasteiger charge is 2.59. The van der Waals surface area contributed by atoms with E-state index in [4.69, 9.17) is 4.74 Å². The number of allylic oxidation sites excluding steroid dienone is 2. The first kappa shape index (κ1) is 23.5. The van der Waals surface area contributed by atoms with Crippen LogP contribution in [0, 0.1) is 46.3 Å². The molecule has 2 saturated carbocycles. The Kier molecular flexibility index (Phi) is 6.80. The van der Waals surface area contributed by atoms with Gasteiger partial charge in [0.05, 0.1) is 6.10 Å². The van der Waals surface area contributed by atoms with Gasteiger partial charge in [0.25, 0.3) is 0 Å². The summed E-state index contributed by atoms with van der Waals surface area (Å²) in [6.45, 7) is 14.2. The third-order valence-electron chi connectivity index (χ3n) is 10.6. The van der Waals surface area contributed by atoms with Gasteiger partial charge in [-0.2, -0.15) is 0 Å². The molecule has 0 spiro atoms. The van der Waals surface area contributed by atoms with E-state index in [0.717, 1.165) is 24.7 Å². The Labute approximate surface area is 192 Å². The second-order valence-electron chi connectivity index (χ2n) is 12.7. The van der Waals surface area contributed by atoms with E-state index in [9.17, 15) is 4.79 Å². The third kappa shape index (κ3) is 4.09. The van der Waals surface area contributed by atoms with E-state index in [-0.39, 0.29) is 23.5 Å². The molecule has 1 saturated heterocycles. The number of carbonyl (C=O) groups is 1. The van der Waals surface area contributed by atoms with Crippen molar-refractivity contribution in [3.63, 3.8) is 0 Å². The van der Waals surface area contributed by atoms with Gasteiger partial charge in [-0.15, -0.1) is 0 Å². The van der Waals surface area contributed by atoms with E-state index < -0.39 is 0 Å². The summed E-state index contributed by atoms with van der Waals surface area (Å²) in [5, 5.41) is 0. The maximum atomic E-state index is 13.8. The summed E-state index contributed by atoms with van der Waals surface area (Å²) >= 11 is 0. The lowest BCUT2D eigenvalue weighted by molar-refractivity contribution is -0.193. The number of unbranched alkanes of at least 4 members (excludes halogenated alkanes) is 1. The van der Waals surface area contributed by atoms with Crippen LogP contribution >= 0.6 is 0 Å². The largest absolute Gasteiger partial charge is 0.367 e. The van der Waals surface area contributed by atoms with Gasteiger partial charge in [0.15, 0.2) is 5.78 Å². The van der Waals surface area contributed by atoms with Crippen molar-refractivity contribution in [3.8, 4) is 0 Å². The predicted octanol–water partition coefficient (Wildman–Crippen LogP) is 7.61. The van der Waals surface area contributed by atoms with Crippen LogP contribution in [0.1, 0.15) is 106 Å². The molecule has 8 unspecified atom stereocenters. The molecule has 9 atom stereocenters. The number of hydrogen-bond donors (Lipinski definition) is 0. The maximum Gasteiger partial charge on any atom is 0.165 e. The predicted molar refractivity (Wildman–Crippen MR) is 129 cm³/mol. The van der Waals surface area contributed by atoms with Gasteiger partial charge >= 0.3 is 0 Å². The molecular formula is C29H48O2. The molecule has 3 aliphatic carbocycles. The Balaban J connectivity index is 1.51. The van der Waals surface area contributed by atoms with E-state index in [1.807, 2.05) is 0 Å². The summed E-state index contributed by atoms with van der Waals surface area (Å²) in [7, 11) is 0. The third-order valence-corrected chi connectivity index (χ3v) is 10.6. The van der Waals surface area contributed by atoms with Crippen LogP contribution in [0.3, 0.4) is 0 Å². The summed E-state index contributed by atoms with van der Waals surface area (Å²) in [6, 6.07) is 0. The molecule has 0 bridgehead atoms. The molecule has 0 aromatic rings. The molecule has 0 amide bonds. The average Bonchev–Trinajstić information content (AvgIpc) is 3.05. The minimum atomic E-state index is -0.168.